The van der Waals surface area contributed by atoms with Crippen LogP contribution in [-0.2, 0) is 17.6 Å². The molecule has 2 aromatic rings. The Morgan fingerprint density at radius 1 is 1.23 bits per heavy atom. The Balaban J connectivity index is 1.85. The number of methoxy groups -OCH3 is 1. The normalized spacial score (nSPS) is 17.0. The lowest BCUT2D eigenvalue weighted by Crippen LogP contribution is -2.42. The summed E-state index contributed by atoms with van der Waals surface area (Å²) < 4.78 is 5.23. The van der Waals surface area contributed by atoms with Crippen molar-refractivity contribution in [3.63, 3.8) is 0 Å². The second kappa shape index (κ2) is 6.22. The largest absolute Gasteiger partial charge is 0.497 e. The van der Waals surface area contributed by atoms with Crippen LogP contribution in [-0.4, -0.2) is 19.1 Å². The van der Waals surface area contributed by atoms with Crippen LogP contribution < -0.4 is 9.64 Å². The Kier molecular flexibility index (Phi) is 4.14. The first-order valence-corrected chi connectivity index (χ1v) is 7.72. The van der Waals surface area contributed by atoms with Crippen molar-refractivity contribution in [1.29, 1.82) is 0 Å². The zero-order chi connectivity index (χ0) is 15.5. The van der Waals surface area contributed by atoms with Gasteiger partial charge in [0.2, 0.25) is 5.91 Å². The maximum Gasteiger partial charge on any atom is 0.231 e. The smallest absolute Gasteiger partial charge is 0.231 e. The fourth-order valence-corrected chi connectivity index (χ4v) is 3.11. The standard InChI is InChI=1S/C19H21NO2/c1-14-10-11-16-7-3-4-9-18(16)20(14)19(21)13-15-6-5-8-17(12-15)22-2/h3-9,12,14H,10-11,13H2,1-2H3. The minimum absolute atomic E-state index is 0.146. The molecule has 2 aromatic carbocycles. The number of hydrogen-bond donors (Lipinski definition) is 0. The van der Waals surface area contributed by atoms with E-state index in [9.17, 15) is 4.79 Å². The van der Waals surface area contributed by atoms with Gasteiger partial charge in [-0.1, -0.05) is 30.3 Å². The molecule has 1 unspecified atom stereocenters. The van der Waals surface area contributed by atoms with Crippen molar-refractivity contribution < 1.29 is 9.53 Å². The molecule has 1 aliphatic heterocycles. The molecule has 114 valence electrons. The van der Waals surface area contributed by atoms with Crippen molar-refractivity contribution in [1.82, 2.24) is 0 Å². The van der Waals surface area contributed by atoms with E-state index in [0.29, 0.717) is 6.42 Å². The summed E-state index contributed by atoms with van der Waals surface area (Å²) in [5.74, 6) is 0.935. The molecule has 3 heteroatoms. The Labute approximate surface area is 131 Å². The van der Waals surface area contributed by atoms with Crippen LogP contribution in [0.5, 0.6) is 5.75 Å². The molecule has 1 amide bonds. The number of hydrogen-bond acceptors (Lipinski definition) is 2. The summed E-state index contributed by atoms with van der Waals surface area (Å²) in [5, 5.41) is 0. The molecule has 0 fully saturated rings. The molecular weight excluding hydrogens is 274 g/mol. The second-order valence-electron chi connectivity index (χ2n) is 5.81. The highest BCUT2D eigenvalue weighted by atomic mass is 16.5. The van der Waals surface area contributed by atoms with Crippen LogP contribution in [0.3, 0.4) is 0 Å². The Morgan fingerprint density at radius 3 is 2.86 bits per heavy atom. The molecule has 1 atom stereocenters. The fraction of sp³-hybridized carbons (Fsp3) is 0.316. The lowest BCUT2D eigenvalue weighted by atomic mass is 9.96. The van der Waals surface area contributed by atoms with E-state index in [1.165, 1.54) is 5.56 Å². The van der Waals surface area contributed by atoms with Crippen LogP contribution in [0.15, 0.2) is 48.5 Å². The highest BCUT2D eigenvalue weighted by Crippen LogP contribution is 2.31. The maximum absolute atomic E-state index is 12.8. The van der Waals surface area contributed by atoms with Gasteiger partial charge in [0.05, 0.1) is 13.5 Å². The molecule has 22 heavy (non-hydrogen) atoms. The van der Waals surface area contributed by atoms with Crippen LogP contribution >= 0.6 is 0 Å². The number of anilines is 1. The van der Waals surface area contributed by atoms with Crippen molar-refractivity contribution in [3.8, 4) is 5.75 Å². The molecule has 3 rings (SSSR count). The third-order valence-corrected chi connectivity index (χ3v) is 4.28. The molecule has 1 heterocycles. The minimum atomic E-state index is 0.146. The van der Waals surface area contributed by atoms with Crippen molar-refractivity contribution >= 4 is 11.6 Å². The van der Waals surface area contributed by atoms with E-state index in [2.05, 4.69) is 19.1 Å². The number of aryl methyl sites for hydroxylation is 1. The first-order chi connectivity index (χ1) is 10.7. The highest BCUT2D eigenvalue weighted by Gasteiger charge is 2.27. The predicted octanol–water partition coefficient (Wildman–Crippen LogP) is 3.61. The number of rotatable bonds is 3. The van der Waals surface area contributed by atoms with Gasteiger partial charge < -0.3 is 9.64 Å². The van der Waals surface area contributed by atoms with Gasteiger partial charge >= 0.3 is 0 Å². The van der Waals surface area contributed by atoms with Gasteiger partial charge in [-0.2, -0.15) is 0 Å². The van der Waals surface area contributed by atoms with E-state index in [1.807, 2.05) is 41.3 Å². The van der Waals surface area contributed by atoms with Crippen LogP contribution in [0, 0.1) is 0 Å². The van der Waals surface area contributed by atoms with Gasteiger partial charge in [0, 0.05) is 11.7 Å². The number of carbonyl (C=O) groups is 1. The first-order valence-electron chi connectivity index (χ1n) is 7.72. The number of para-hydroxylation sites is 1. The van der Waals surface area contributed by atoms with Gasteiger partial charge in [-0.3, -0.25) is 4.79 Å². The zero-order valence-electron chi connectivity index (χ0n) is 13.1. The van der Waals surface area contributed by atoms with Crippen molar-refractivity contribution in [3.05, 3.63) is 59.7 Å². The SMILES string of the molecule is COc1cccc(CC(=O)N2c3ccccc3CCC2C)c1. The zero-order valence-corrected chi connectivity index (χ0v) is 13.1. The minimum Gasteiger partial charge on any atom is -0.497 e. The Bertz CT molecular complexity index is 681. The monoisotopic (exact) mass is 295 g/mol. The lowest BCUT2D eigenvalue weighted by molar-refractivity contribution is -0.118. The maximum atomic E-state index is 12.8. The highest BCUT2D eigenvalue weighted by molar-refractivity contribution is 5.96. The number of carbonyl (C=O) groups excluding carboxylic acids is 1. The van der Waals surface area contributed by atoms with Gasteiger partial charge in [0.25, 0.3) is 0 Å². The van der Waals surface area contributed by atoms with Gasteiger partial charge in [-0.05, 0) is 49.1 Å². The summed E-state index contributed by atoms with van der Waals surface area (Å²) in [7, 11) is 1.64. The number of ether oxygens (including phenoxy) is 1. The molecule has 0 aromatic heterocycles. The molecule has 0 spiro atoms. The molecule has 1 aliphatic rings. The van der Waals surface area contributed by atoms with Gasteiger partial charge in [0.1, 0.15) is 5.75 Å². The van der Waals surface area contributed by atoms with E-state index in [4.69, 9.17) is 4.74 Å². The first kappa shape index (κ1) is 14.6. The second-order valence-corrected chi connectivity index (χ2v) is 5.81. The number of amides is 1. The van der Waals surface area contributed by atoms with Crippen LogP contribution in [0.2, 0.25) is 0 Å². The average molecular weight is 295 g/mol. The summed E-state index contributed by atoms with van der Waals surface area (Å²) in [6.45, 7) is 2.12. The molecular formula is C19H21NO2. The van der Waals surface area contributed by atoms with Crippen LogP contribution in [0.4, 0.5) is 5.69 Å². The van der Waals surface area contributed by atoms with E-state index in [0.717, 1.165) is 29.8 Å². The summed E-state index contributed by atoms with van der Waals surface area (Å²) in [4.78, 5) is 14.8. The molecule has 3 nitrogen and oxygen atoms in total. The Hall–Kier alpha value is -2.29. The molecule has 0 bridgehead atoms. The molecule has 0 saturated carbocycles. The van der Waals surface area contributed by atoms with Crippen LogP contribution in [0.1, 0.15) is 24.5 Å². The third kappa shape index (κ3) is 2.84. The molecule has 0 radical (unpaired) electrons. The van der Waals surface area contributed by atoms with Crippen molar-refractivity contribution in [2.75, 3.05) is 12.0 Å². The van der Waals surface area contributed by atoms with E-state index >= 15 is 0 Å². The average Bonchev–Trinajstić information content (AvgIpc) is 2.54. The predicted molar refractivity (Wildman–Crippen MR) is 88.4 cm³/mol. The topological polar surface area (TPSA) is 29.5 Å². The van der Waals surface area contributed by atoms with Crippen LogP contribution in [0.25, 0.3) is 0 Å². The Morgan fingerprint density at radius 2 is 2.05 bits per heavy atom. The molecule has 0 aliphatic carbocycles. The van der Waals surface area contributed by atoms with Gasteiger partial charge in [-0.25, -0.2) is 0 Å². The van der Waals surface area contributed by atoms with E-state index in [-0.39, 0.29) is 11.9 Å². The van der Waals surface area contributed by atoms with Crippen molar-refractivity contribution in [2.45, 2.75) is 32.2 Å². The third-order valence-electron chi connectivity index (χ3n) is 4.28. The molecule has 0 N–H and O–H groups in total. The number of nitrogens with zero attached hydrogens (tertiary/aromatic N) is 1. The van der Waals surface area contributed by atoms with Gasteiger partial charge in [0.15, 0.2) is 0 Å². The number of benzene rings is 2. The lowest BCUT2D eigenvalue weighted by Gasteiger charge is -2.35. The number of fused-ring (bicyclic) bond motifs is 1. The van der Waals surface area contributed by atoms with E-state index in [1.54, 1.807) is 7.11 Å². The van der Waals surface area contributed by atoms with E-state index < -0.39 is 0 Å². The fourth-order valence-electron chi connectivity index (χ4n) is 3.11. The summed E-state index contributed by atoms with van der Waals surface area (Å²) in [5.41, 5.74) is 3.31. The quantitative estimate of drug-likeness (QED) is 0.866. The van der Waals surface area contributed by atoms with Crippen molar-refractivity contribution in [2.24, 2.45) is 0 Å². The summed E-state index contributed by atoms with van der Waals surface area (Å²) in [6.07, 6.45) is 2.46. The van der Waals surface area contributed by atoms with Gasteiger partial charge in [-0.15, -0.1) is 0 Å². The summed E-state index contributed by atoms with van der Waals surface area (Å²) in [6, 6.07) is 16.2. The summed E-state index contributed by atoms with van der Waals surface area (Å²) >= 11 is 0. The molecule has 0 saturated heterocycles.